The Kier molecular flexibility index (Phi) is 6.30. The van der Waals surface area contributed by atoms with Gasteiger partial charge in [0.05, 0.1) is 0 Å². The van der Waals surface area contributed by atoms with Crippen LogP contribution in [-0.4, -0.2) is 0 Å². The molecule has 2 rings (SSSR count). The molecule has 0 saturated heterocycles. The van der Waals surface area contributed by atoms with Crippen LogP contribution in [0.5, 0.6) is 0 Å². The maximum Gasteiger partial charge on any atom is 0.0218 e. The zero-order valence-electron chi connectivity index (χ0n) is 18.1. The van der Waals surface area contributed by atoms with Crippen LogP contribution in [0.4, 0.5) is 0 Å². The van der Waals surface area contributed by atoms with Crippen LogP contribution in [0.15, 0.2) is 34.1 Å². The van der Waals surface area contributed by atoms with Gasteiger partial charge < -0.3 is 0 Å². The third-order valence-electron chi connectivity index (χ3n) is 4.88. The molecule has 0 aliphatic rings. The maximum atomic E-state index is 2.37. The summed E-state index contributed by atoms with van der Waals surface area (Å²) in [7, 11) is 3.77. The molecule has 2 aromatic rings. The second kappa shape index (κ2) is 7.64. The highest BCUT2D eigenvalue weighted by atomic mass is 33.1. The number of aryl methyl sites for hydroxylation is 4. The van der Waals surface area contributed by atoms with E-state index in [1.54, 1.807) is 0 Å². The number of benzene rings is 2. The molecule has 26 heavy (non-hydrogen) atoms. The summed E-state index contributed by atoms with van der Waals surface area (Å²) in [4.78, 5) is 2.75. The molecule has 0 nitrogen and oxygen atoms in total. The van der Waals surface area contributed by atoms with E-state index in [1.807, 2.05) is 21.6 Å². The molecule has 2 aromatic carbocycles. The Morgan fingerprint density at radius 3 is 1.08 bits per heavy atom. The van der Waals surface area contributed by atoms with Crippen LogP contribution in [0, 0.1) is 27.7 Å². The largest absolute Gasteiger partial charge is 0.0561 e. The van der Waals surface area contributed by atoms with Gasteiger partial charge in [-0.05, 0) is 84.0 Å². The van der Waals surface area contributed by atoms with Gasteiger partial charge in [-0.25, -0.2) is 0 Å². The van der Waals surface area contributed by atoms with E-state index in [1.165, 1.54) is 43.2 Å². The molecule has 142 valence electrons. The van der Waals surface area contributed by atoms with Crippen molar-refractivity contribution in [3.8, 4) is 0 Å². The molecule has 2 heteroatoms. The summed E-state index contributed by atoms with van der Waals surface area (Å²) < 4.78 is 0. The van der Waals surface area contributed by atoms with Crippen molar-refractivity contribution in [2.24, 2.45) is 0 Å². The second-order valence-corrected chi connectivity index (χ2v) is 11.7. The van der Waals surface area contributed by atoms with E-state index in [4.69, 9.17) is 0 Å². The fraction of sp³-hybridized carbons (Fsp3) is 0.500. The number of hydrogen-bond acceptors (Lipinski definition) is 2. The molecule has 0 saturated carbocycles. The van der Waals surface area contributed by atoms with E-state index in [0.29, 0.717) is 0 Å². The first-order chi connectivity index (χ1) is 11.8. The Morgan fingerprint density at radius 2 is 0.808 bits per heavy atom. The van der Waals surface area contributed by atoms with E-state index in [-0.39, 0.29) is 10.8 Å². The minimum Gasteiger partial charge on any atom is -0.0561 e. The average Bonchev–Trinajstić information content (AvgIpc) is 2.48. The van der Waals surface area contributed by atoms with Gasteiger partial charge in [-0.1, -0.05) is 75.3 Å². The summed E-state index contributed by atoms with van der Waals surface area (Å²) >= 11 is 0. The highest BCUT2D eigenvalue weighted by Crippen LogP contribution is 2.43. The van der Waals surface area contributed by atoms with E-state index in [0.717, 1.165) is 0 Å². The lowest BCUT2D eigenvalue weighted by Crippen LogP contribution is -2.13. The van der Waals surface area contributed by atoms with Crippen LogP contribution in [0.1, 0.15) is 74.9 Å². The quantitative estimate of drug-likeness (QED) is 0.486. The molecule has 0 fully saturated rings. The molecular weight excluding hydrogens is 352 g/mol. The van der Waals surface area contributed by atoms with Crippen LogP contribution < -0.4 is 0 Å². The summed E-state index contributed by atoms with van der Waals surface area (Å²) in [6.45, 7) is 22.7. The zero-order valence-corrected chi connectivity index (χ0v) is 19.8. The number of rotatable bonds is 3. The topological polar surface area (TPSA) is 0 Å². The van der Waals surface area contributed by atoms with E-state index < -0.39 is 0 Å². The third kappa shape index (κ3) is 4.89. The van der Waals surface area contributed by atoms with Crippen LogP contribution in [0.2, 0.25) is 0 Å². The Hall–Kier alpha value is -0.860. The summed E-state index contributed by atoms with van der Waals surface area (Å²) in [5, 5.41) is 0. The van der Waals surface area contributed by atoms with Gasteiger partial charge in [-0.3, -0.25) is 0 Å². The molecule has 0 aliphatic heterocycles. The van der Waals surface area contributed by atoms with Gasteiger partial charge >= 0.3 is 0 Å². The SMILES string of the molecule is Cc1cc(C(C)(C)C)c(C)cc1SSc1cc(C)c(C(C)(C)C)cc1C. The van der Waals surface area contributed by atoms with Crippen molar-refractivity contribution in [3.05, 3.63) is 57.6 Å². The van der Waals surface area contributed by atoms with Gasteiger partial charge in [0.15, 0.2) is 0 Å². The van der Waals surface area contributed by atoms with Gasteiger partial charge in [0.2, 0.25) is 0 Å². The standard InChI is InChI=1S/C24H34S2/c1-15-13-21(17(3)11-19(15)23(5,6)7)25-26-22-14-16(2)20(12-18(22)4)24(8,9)10/h11-14H,1-10H3. The lowest BCUT2D eigenvalue weighted by molar-refractivity contribution is 0.584. The predicted octanol–water partition coefficient (Wildman–Crippen LogP) is 8.31. The monoisotopic (exact) mass is 386 g/mol. The van der Waals surface area contributed by atoms with Crippen LogP contribution in [0.25, 0.3) is 0 Å². The van der Waals surface area contributed by atoms with Crippen molar-refractivity contribution in [2.45, 2.75) is 89.9 Å². The molecule has 0 aromatic heterocycles. The fourth-order valence-corrected chi connectivity index (χ4v) is 6.09. The molecule has 0 N–H and O–H groups in total. The van der Waals surface area contributed by atoms with Crippen molar-refractivity contribution in [3.63, 3.8) is 0 Å². The summed E-state index contributed by atoms with van der Waals surface area (Å²) in [6, 6.07) is 9.47. The first-order valence-corrected chi connectivity index (χ1v) is 11.5. The molecule has 0 atom stereocenters. The molecule has 0 spiro atoms. The summed E-state index contributed by atoms with van der Waals surface area (Å²) in [5.41, 5.74) is 8.82. The Labute approximate surface area is 169 Å². The van der Waals surface area contributed by atoms with Gasteiger partial charge in [-0.2, -0.15) is 0 Å². The highest BCUT2D eigenvalue weighted by molar-refractivity contribution is 8.76. The first kappa shape index (κ1) is 21.4. The molecule has 0 amide bonds. The van der Waals surface area contributed by atoms with E-state index in [9.17, 15) is 0 Å². The maximum absolute atomic E-state index is 2.37. The van der Waals surface area contributed by atoms with Crippen LogP contribution >= 0.6 is 21.6 Å². The lowest BCUT2D eigenvalue weighted by atomic mass is 9.83. The third-order valence-corrected chi connectivity index (χ3v) is 7.53. The predicted molar refractivity (Wildman–Crippen MR) is 121 cm³/mol. The second-order valence-electron chi connectivity index (χ2n) is 9.53. The van der Waals surface area contributed by atoms with Crippen molar-refractivity contribution < 1.29 is 0 Å². The van der Waals surface area contributed by atoms with Crippen LogP contribution in [-0.2, 0) is 10.8 Å². The Balaban J connectivity index is 2.27. The van der Waals surface area contributed by atoms with E-state index in [2.05, 4.69) is 93.5 Å². The average molecular weight is 387 g/mol. The Bertz CT molecular complexity index is 733. The summed E-state index contributed by atoms with van der Waals surface area (Å²) in [6.07, 6.45) is 0. The minimum atomic E-state index is 0.196. The highest BCUT2D eigenvalue weighted by Gasteiger charge is 2.19. The van der Waals surface area contributed by atoms with Crippen molar-refractivity contribution in [1.29, 1.82) is 0 Å². The van der Waals surface area contributed by atoms with Gasteiger partial charge in [0, 0.05) is 9.79 Å². The van der Waals surface area contributed by atoms with Crippen molar-refractivity contribution >= 4 is 21.6 Å². The zero-order chi connectivity index (χ0) is 19.9. The molecule has 0 heterocycles. The molecule has 0 unspecified atom stereocenters. The molecule has 0 aliphatic carbocycles. The van der Waals surface area contributed by atoms with Crippen LogP contribution in [0.3, 0.4) is 0 Å². The fourth-order valence-electron chi connectivity index (χ4n) is 3.46. The van der Waals surface area contributed by atoms with Gasteiger partial charge in [0.25, 0.3) is 0 Å². The first-order valence-electron chi connectivity index (χ1n) is 9.38. The van der Waals surface area contributed by atoms with Crippen molar-refractivity contribution in [2.75, 3.05) is 0 Å². The van der Waals surface area contributed by atoms with Gasteiger partial charge in [-0.15, -0.1) is 0 Å². The molecule has 0 bridgehead atoms. The van der Waals surface area contributed by atoms with Gasteiger partial charge in [0.1, 0.15) is 0 Å². The van der Waals surface area contributed by atoms with Crippen molar-refractivity contribution in [1.82, 2.24) is 0 Å². The normalized spacial score (nSPS) is 12.5. The number of hydrogen-bond donors (Lipinski definition) is 0. The molecular formula is C24H34S2. The van der Waals surface area contributed by atoms with E-state index >= 15 is 0 Å². The molecule has 0 radical (unpaired) electrons. The Morgan fingerprint density at radius 1 is 0.500 bits per heavy atom. The smallest absolute Gasteiger partial charge is 0.0218 e. The summed E-state index contributed by atoms with van der Waals surface area (Å²) in [5.74, 6) is 0. The lowest BCUT2D eigenvalue weighted by Gasteiger charge is -2.24. The minimum absolute atomic E-state index is 0.196.